The first-order valence-corrected chi connectivity index (χ1v) is 7.76. The maximum absolute atomic E-state index is 12.5. The average molecular weight is 316 g/mol. The van der Waals surface area contributed by atoms with Gasteiger partial charge in [0.15, 0.2) is 12.2 Å². The number of oxazole rings is 1. The first-order chi connectivity index (χ1) is 11.2. The minimum Gasteiger partial charge on any atom is -0.444 e. The lowest BCUT2D eigenvalue weighted by molar-refractivity contribution is 0.0179. The molecule has 1 aliphatic heterocycles. The molecule has 1 unspecified atom stereocenters. The molecule has 23 heavy (non-hydrogen) atoms. The van der Waals surface area contributed by atoms with Gasteiger partial charge in [-0.2, -0.15) is 0 Å². The SMILES string of the molecule is O=C(c1ccc(-c2cnco2)cc1)N1CCC(C(O)CO)CC1. The van der Waals surface area contributed by atoms with E-state index in [1.165, 1.54) is 6.39 Å². The van der Waals surface area contributed by atoms with Gasteiger partial charge >= 0.3 is 0 Å². The Hall–Kier alpha value is -2.18. The fraction of sp³-hybridized carbons (Fsp3) is 0.412. The summed E-state index contributed by atoms with van der Waals surface area (Å²) in [4.78, 5) is 18.2. The number of piperidine rings is 1. The zero-order valence-electron chi connectivity index (χ0n) is 12.8. The second-order valence-corrected chi connectivity index (χ2v) is 5.82. The molecule has 1 amide bonds. The lowest BCUT2D eigenvalue weighted by Crippen LogP contribution is -2.42. The molecule has 1 saturated heterocycles. The summed E-state index contributed by atoms with van der Waals surface area (Å²) in [6.07, 6.45) is 3.74. The van der Waals surface area contributed by atoms with Crippen LogP contribution in [-0.2, 0) is 0 Å². The van der Waals surface area contributed by atoms with Crippen LogP contribution in [0.3, 0.4) is 0 Å². The van der Waals surface area contributed by atoms with Gasteiger partial charge in [-0.25, -0.2) is 4.98 Å². The summed E-state index contributed by atoms with van der Waals surface area (Å²) in [5.41, 5.74) is 1.51. The van der Waals surface area contributed by atoms with Crippen molar-refractivity contribution in [2.45, 2.75) is 18.9 Å². The monoisotopic (exact) mass is 316 g/mol. The molecule has 0 saturated carbocycles. The molecule has 6 heteroatoms. The lowest BCUT2D eigenvalue weighted by Gasteiger charge is -2.33. The number of rotatable bonds is 4. The van der Waals surface area contributed by atoms with Crippen LogP contribution in [0, 0.1) is 5.92 Å². The van der Waals surface area contributed by atoms with Gasteiger partial charge in [0.25, 0.3) is 5.91 Å². The predicted octanol–water partition coefficient (Wildman–Crippen LogP) is 1.55. The van der Waals surface area contributed by atoms with Crippen molar-refractivity contribution in [3.63, 3.8) is 0 Å². The van der Waals surface area contributed by atoms with Crippen molar-refractivity contribution in [2.75, 3.05) is 19.7 Å². The summed E-state index contributed by atoms with van der Waals surface area (Å²) in [7, 11) is 0. The number of carbonyl (C=O) groups excluding carboxylic acids is 1. The molecule has 1 aromatic carbocycles. The molecule has 1 aromatic heterocycles. The molecule has 0 aliphatic carbocycles. The second kappa shape index (κ2) is 6.93. The van der Waals surface area contributed by atoms with Crippen molar-refractivity contribution in [3.8, 4) is 11.3 Å². The number of likely N-dealkylation sites (tertiary alicyclic amines) is 1. The number of hydrogen-bond acceptors (Lipinski definition) is 5. The van der Waals surface area contributed by atoms with E-state index in [9.17, 15) is 9.90 Å². The molecular weight excluding hydrogens is 296 g/mol. The molecule has 0 spiro atoms. The molecule has 1 atom stereocenters. The third-order valence-corrected chi connectivity index (χ3v) is 4.41. The molecule has 2 N–H and O–H groups in total. The minimum atomic E-state index is -0.687. The Labute approximate surface area is 134 Å². The van der Waals surface area contributed by atoms with E-state index in [2.05, 4.69) is 4.98 Å². The van der Waals surface area contributed by atoms with E-state index < -0.39 is 6.10 Å². The van der Waals surface area contributed by atoms with Gasteiger partial charge in [-0.1, -0.05) is 12.1 Å². The van der Waals surface area contributed by atoms with Crippen molar-refractivity contribution in [1.82, 2.24) is 9.88 Å². The highest BCUT2D eigenvalue weighted by Crippen LogP contribution is 2.23. The normalized spacial score (nSPS) is 17.2. The number of aliphatic hydroxyl groups is 2. The maximum atomic E-state index is 12.5. The average Bonchev–Trinajstić information content (AvgIpc) is 3.15. The molecule has 1 fully saturated rings. The van der Waals surface area contributed by atoms with E-state index in [0.29, 0.717) is 37.3 Å². The van der Waals surface area contributed by atoms with Crippen molar-refractivity contribution in [2.24, 2.45) is 5.92 Å². The van der Waals surface area contributed by atoms with Gasteiger partial charge in [-0.15, -0.1) is 0 Å². The summed E-state index contributed by atoms with van der Waals surface area (Å²) in [6, 6.07) is 7.26. The first kappa shape index (κ1) is 15.7. The number of benzene rings is 1. The number of aliphatic hydroxyl groups excluding tert-OH is 2. The van der Waals surface area contributed by atoms with Gasteiger partial charge in [0.1, 0.15) is 0 Å². The zero-order valence-corrected chi connectivity index (χ0v) is 12.8. The van der Waals surface area contributed by atoms with Crippen LogP contribution in [0.25, 0.3) is 11.3 Å². The molecule has 0 bridgehead atoms. The summed E-state index contributed by atoms with van der Waals surface area (Å²) in [6.45, 7) is 0.983. The zero-order chi connectivity index (χ0) is 16.2. The van der Waals surface area contributed by atoms with Crippen LogP contribution in [0.4, 0.5) is 0 Å². The van der Waals surface area contributed by atoms with Crippen molar-refractivity contribution >= 4 is 5.91 Å². The molecule has 1 aliphatic rings. The lowest BCUT2D eigenvalue weighted by atomic mass is 9.91. The standard InChI is InChI=1S/C17H20N2O4/c20-10-15(21)12-5-7-19(8-6-12)17(22)14-3-1-13(2-4-14)16-9-18-11-23-16/h1-4,9,11-12,15,20-21H,5-8,10H2. The minimum absolute atomic E-state index is 0.00828. The second-order valence-electron chi connectivity index (χ2n) is 5.82. The van der Waals surface area contributed by atoms with Crippen LogP contribution in [0.5, 0.6) is 0 Å². The van der Waals surface area contributed by atoms with Crippen molar-refractivity contribution < 1.29 is 19.4 Å². The number of nitrogens with zero attached hydrogens (tertiary/aromatic N) is 2. The third kappa shape index (κ3) is 3.43. The van der Waals surface area contributed by atoms with Crippen LogP contribution >= 0.6 is 0 Å². The molecule has 2 heterocycles. The number of amides is 1. The van der Waals surface area contributed by atoms with Gasteiger partial charge in [0, 0.05) is 24.2 Å². The predicted molar refractivity (Wildman–Crippen MR) is 83.7 cm³/mol. The van der Waals surface area contributed by atoms with Crippen LogP contribution in [-0.4, -0.2) is 51.8 Å². The number of aromatic nitrogens is 1. The Bertz CT molecular complexity index is 631. The molecular formula is C17H20N2O4. The highest BCUT2D eigenvalue weighted by molar-refractivity contribution is 5.94. The van der Waals surface area contributed by atoms with Gasteiger partial charge < -0.3 is 19.5 Å². The van der Waals surface area contributed by atoms with Crippen LogP contribution in [0.1, 0.15) is 23.2 Å². The van der Waals surface area contributed by atoms with E-state index >= 15 is 0 Å². The Balaban J connectivity index is 1.63. The quantitative estimate of drug-likeness (QED) is 0.893. The van der Waals surface area contributed by atoms with Gasteiger partial charge in [-0.05, 0) is 30.9 Å². The van der Waals surface area contributed by atoms with Crippen molar-refractivity contribution in [3.05, 3.63) is 42.4 Å². The summed E-state index contributed by atoms with van der Waals surface area (Å²) in [5, 5.41) is 18.7. The van der Waals surface area contributed by atoms with E-state index in [1.807, 2.05) is 12.1 Å². The molecule has 122 valence electrons. The van der Waals surface area contributed by atoms with E-state index in [0.717, 1.165) is 5.56 Å². The van der Waals surface area contributed by atoms with Crippen molar-refractivity contribution in [1.29, 1.82) is 0 Å². The molecule has 6 nitrogen and oxygen atoms in total. The number of carbonyl (C=O) groups is 1. The smallest absolute Gasteiger partial charge is 0.253 e. The largest absolute Gasteiger partial charge is 0.444 e. The van der Waals surface area contributed by atoms with Crippen LogP contribution in [0.2, 0.25) is 0 Å². The van der Waals surface area contributed by atoms with E-state index in [-0.39, 0.29) is 18.4 Å². The van der Waals surface area contributed by atoms with E-state index in [1.54, 1.807) is 23.2 Å². The van der Waals surface area contributed by atoms with Gasteiger partial charge in [0.05, 0.1) is 18.9 Å². The number of hydrogen-bond donors (Lipinski definition) is 2. The fourth-order valence-electron chi connectivity index (χ4n) is 2.95. The molecule has 3 rings (SSSR count). The maximum Gasteiger partial charge on any atom is 0.253 e. The Kier molecular flexibility index (Phi) is 4.73. The Morgan fingerprint density at radius 3 is 2.57 bits per heavy atom. The fourth-order valence-corrected chi connectivity index (χ4v) is 2.95. The highest BCUT2D eigenvalue weighted by atomic mass is 16.3. The Morgan fingerprint density at radius 2 is 2.00 bits per heavy atom. The summed E-state index contributed by atoms with van der Waals surface area (Å²) >= 11 is 0. The summed E-state index contributed by atoms with van der Waals surface area (Å²) < 4.78 is 5.23. The summed E-state index contributed by atoms with van der Waals surface area (Å²) in [5.74, 6) is 0.728. The van der Waals surface area contributed by atoms with E-state index in [4.69, 9.17) is 9.52 Å². The van der Waals surface area contributed by atoms with Gasteiger partial charge in [-0.3, -0.25) is 4.79 Å². The Morgan fingerprint density at radius 1 is 1.30 bits per heavy atom. The first-order valence-electron chi connectivity index (χ1n) is 7.76. The topological polar surface area (TPSA) is 86.8 Å². The van der Waals surface area contributed by atoms with Crippen LogP contribution < -0.4 is 0 Å². The third-order valence-electron chi connectivity index (χ3n) is 4.41. The molecule has 2 aromatic rings. The molecule has 0 radical (unpaired) electrons. The highest BCUT2D eigenvalue weighted by Gasteiger charge is 2.27. The van der Waals surface area contributed by atoms with Crippen LogP contribution in [0.15, 0.2) is 41.3 Å². The van der Waals surface area contributed by atoms with Gasteiger partial charge in [0.2, 0.25) is 0 Å².